The van der Waals surface area contributed by atoms with Gasteiger partial charge in [-0.15, -0.1) is 0 Å². The summed E-state index contributed by atoms with van der Waals surface area (Å²) < 4.78 is 0. The molecule has 7 nitrogen and oxygen atoms in total. The number of urea groups is 1. The van der Waals surface area contributed by atoms with Crippen LogP contribution in [0.3, 0.4) is 0 Å². The Morgan fingerprint density at radius 2 is 1.82 bits per heavy atom. The molecule has 0 rings (SSSR count). The van der Waals surface area contributed by atoms with E-state index in [1.54, 1.807) is 11.8 Å². The first-order valence-electron chi connectivity index (χ1n) is 5.05. The van der Waals surface area contributed by atoms with Crippen molar-refractivity contribution in [1.82, 2.24) is 16.0 Å². The number of carbonyl (C=O) groups excluding carboxylic acids is 2. The maximum atomic E-state index is 11.1. The summed E-state index contributed by atoms with van der Waals surface area (Å²) in [6, 6.07) is -0.434. The van der Waals surface area contributed by atoms with E-state index in [-0.39, 0.29) is 6.54 Å². The molecule has 0 aliphatic heterocycles. The van der Waals surface area contributed by atoms with Crippen LogP contribution in [-0.4, -0.2) is 54.7 Å². The van der Waals surface area contributed by atoms with Crippen molar-refractivity contribution < 1.29 is 19.5 Å². The third-order valence-electron chi connectivity index (χ3n) is 1.66. The minimum absolute atomic E-state index is 0.234. The first-order valence-corrected chi connectivity index (χ1v) is 6.44. The van der Waals surface area contributed by atoms with Crippen molar-refractivity contribution in [2.75, 3.05) is 31.6 Å². The zero-order valence-corrected chi connectivity index (χ0v) is 10.4. The summed E-state index contributed by atoms with van der Waals surface area (Å²) in [5.41, 5.74) is 0. The maximum absolute atomic E-state index is 11.1. The molecule has 0 unspecified atom stereocenters. The van der Waals surface area contributed by atoms with Gasteiger partial charge in [0.05, 0.1) is 6.54 Å². The summed E-state index contributed by atoms with van der Waals surface area (Å²) in [6.45, 7) is -0.138. The van der Waals surface area contributed by atoms with Gasteiger partial charge in [-0.2, -0.15) is 11.8 Å². The lowest BCUT2D eigenvalue weighted by molar-refractivity contribution is -0.137. The molecule has 0 aromatic heterocycles. The molecule has 0 aromatic rings. The fraction of sp³-hybridized carbons (Fsp3) is 0.667. The highest BCUT2D eigenvalue weighted by Crippen LogP contribution is 1.92. The van der Waals surface area contributed by atoms with Crippen LogP contribution < -0.4 is 16.0 Å². The Morgan fingerprint density at radius 3 is 2.41 bits per heavy atom. The van der Waals surface area contributed by atoms with Crippen LogP contribution in [0.1, 0.15) is 6.42 Å². The molecule has 0 saturated heterocycles. The van der Waals surface area contributed by atoms with Gasteiger partial charge >= 0.3 is 12.0 Å². The van der Waals surface area contributed by atoms with E-state index >= 15 is 0 Å². The van der Waals surface area contributed by atoms with Crippen molar-refractivity contribution in [2.45, 2.75) is 6.42 Å². The highest BCUT2D eigenvalue weighted by atomic mass is 32.2. The van der Waals surface area contributed by atoms with E-state index in [4.69, 9.17) is 5.11 Å². The number of carbonyl (C=O) groups is 3. The second-order valence-corrected chi connectivity index (χ2v) is 4.11. The van der Waals surface area contributed by atoms with Gasteiger partial charge in [-0.3, -0.25) is 9.59 Å². The number of aliphatic carboxylic acids is 1. The van der Waals surface area contributed by atoms with E-state index in [0.29, 0.717) is 6.54 Å². The largest absolute Gasteiger partial charge is 0.480 e. The Morgan fingerprint density at radius 1 is 1.12 bits per heavy atom. The number of carboxylic acids is 1. The number of nitrogens with one attached hydrogen (secondary N) is 3. The second kappa shape index (κ2) is 9.76. The first-order chi connectivity index (χ1) is 8.06. The molecule has 0 atom stereocenters. The van der Waals surface area contributed by atoms with Gasteiger partial charge in [0.15, 0.2) is 0 Å². The smallest absolute Gasteiger partial charge is 0.322 e. The summed E-state index contributed by atoms with van der Waals surface area (Å²) in [4.78, 5) is 32.3. The Bertz CT molecular complexity index is 273. The van der Waals surface area contributed by atoms with E-state index in [2.05, 4.69) is 16.0 Å². The van der Waals surface area contributed by atoms with E-state index in [1.807, 2.05) is 6.26 Å². The molecule has 3 amide bonds. The maximum Gasteiger partial charge on any atom is 0.322 e. The van der Waals surface area contributed by atoms with Crippen molar-refractivity contribution in [3.8, 4) is 0 Å². The van der Waals surface area contributed by atoms with Crippen molar-refractivity contribution in [2.24, 2.45) is 0 Å². The molecule has 0 aliphatic rings. The highest BCUT2D eigenvalue weighted by Gasteiger charge is 2.05. The number of carboxylic acid groups (broad SMARTS) is 1. The number of rotatable bonds is 8. The first kappa shape index (κ1) is 15.6. The fourth-order valence-electron chi connectivity index (χ4n) is 0.878. The molecule has 0 bridgehead atoms. The summed E-state index contributed by atoms with van der Waals surface area (Å²) in [6.07, 6.45) is 2.84. The third-order valence-corrected chi connectivity index (χ3v) is 2.35. The Labute approximate surface area is 104 Å². The SMILES string of the molecule is CSCCCNC(=O)NCC(=O)NCC(=O)O. The Hall–Kier alpha value is -1.44. The average Bonchev–Trinajstić information content (AvgIpc) is 2.29. The molecule has 0 saturated carbocycles. The van der Waals surface area contributed by atoms with Gasteiger partial charge in [0.2, 0.25) is 5.91 Å². The second-order valence-electron chi connectivity index (χ2n) is 3.13. The minimum atomic E-state index is -1.13. The van der Waals surface area contributed by atoms with Crippen molar-refractivity contribution in [3.05, 3.63) is 0 Å². The van der Waals surface area contributed by atoms with Crippen LogP contribution in [-0.2, 0) is 9.59 Å². The fourth-order valence-corrected chi connectivity index (χ4v) is 1.31. The molecule has 0 spiro atoms. The third kappa shape index (κ3) is 10.8. The number of hydrogen-bond acceptors (Lipinski definition) is 4. The predicted molar refractivity (Wildman–Crippen MR) is 65.0 cm³/mol. The van der Waals surface area contributed by atoms with Crippen LogP contribution in [0.5, 0.6) is 0 Å². The van der Waals surface area contributed by atoms with Crippen molar-refractivity contribution in [3.63, 3.8) is 0 Å². The van der Waals surface area contributed by atoms with Gasteiger partial charge in [0, 0.05) is 6.54 Å². The van der Waals surface area contributed by atoms with E-state index in [1.165, 1.54) is 0 Å². The zero-order valence-electron chi connectivity index (χ0n) is 9.62. The van der Waals surface area contributed by atoms with Gasteiger partial charge in [-0.1, -0.05) is 0 Å². The molecular weight excluding hydrogens is 246 g/mol. The van der Waals surface area contributed by atoms with E-state index in [9.17, 15) is 14.4 Å². The molecule has 4 N–H and O–H groups in total. The van der Waals surface area contributed by atoms with Gasteiger partial charge in [-0.05, 0) is 18.4 Å². The lowest BCUT2D eigenvalue weighted by Gasteiger charge is -2.07. The van der Waals surface area contributed by atoms with Gasteiger partial charge in [-0.25, -0.2) is 4.79 Å². The van der Waals surface area contributed by atoms with Crippen molar-refractivity contribution >= 4 is 29.7 Å². The van der Waals surface area contributed by atoms with E-state index in [0.717, 1.165) is 12.2 Å². The van der Waals surface area contributed by atoms with Gasteiger partial charge < -0.3 is 21.1 Å². The standard InChI is InChI=1S/C9H17N3O4S/c1-17-4-2-3-10-9(16)12-5-7(13)11-6-8(14)15/h2-6H2,1H3,(H,11,13)(H,14,15)(H2,10,12,16). The summed E-state index contributed by atoms with van der Waals surface area (Å²) in [5.74, 6) is -0.703. The van der Waals surface area contributed by atoms with Crippen LogP contribution in [0.15, 0.2) is 0 Å². The molecule has 17 heavy (non-hydrogen) atoms. The molecule has 0 aromatic carbocycles. The molecule has 98 valence electrons. The lowest BCUT2D eigenvalue weighted by Crippen LogP contribution is -2.43. The molecule has 0 radical (unpaired) electrons. The lowest BCUT2D eigenvalue weighted by atomic mass is 10.5. The quantitative estimate of drug-likeness (QED) is 0.431. The zero-order chi connectivity index (χ0) is 13.1. The molecule has 0 aliphatic carbocycles. The Balaban J connectivity index is 3.49. The molecule has 8 heteroatoms. The summed E-state index contributed by atoms with van der Waals surface area (Å²) in [7, 11) is 0. The number of amides is 3. The van der Waals surface area contributed by atoms with Gasteiger partial charge in [0.25, 0.3) is 0 Å². The van der Waals surface area contributed by atoms with E-state index < -0.39 is 24.5 Å². The highest BCUT2D eigenvalue weighted by molar-refractivity contribution is 7.98. The Kier molecular flexibility index (Phi) is 8.94. The normalized spacial score (nSPS) is 9.47. The molecule has 0 heterocycles. The van der Waals surface area contributed by atoms with Gasteiger partial charge in [0.1, 0.15) is 6.54 Å². The van der Waals surface area contributed by atoms with Crippen LogP contribution in [0.4, 0.5) is 4.79 Å². The van der Waals surface area contributed by atoms with Crippen LogP contribution in [0, 0.1) is 0 Å². The number of thioether (sulfide) groups is 1. The van der Waals surface area contributed by atoms with Crippen molar-refractivity contribution in [1.29, 1.82) is 0 Å². The van der Waals surface area contributed by atoms with Crippen LogP contribution in [0.2, 0.25) is 0 Å². The average molecular weight is 263 g/mol. The monoisotopic (exact) mass is 263 g/mol. The number of hydrogen-bond donors (Lipinski definition) is 4. The van der Waals surface area contributed by atoms with Crippen LogP contribution in [0.25, 0.3) is 0 Å². The van der Waals surface area contributed by atoms with Crippen LogP contribution >= 0.6 is 11.8 Å². The molecular formula is C9H17N3O4S. The predicted octanol–water partition coefficient (Wildman–Crippen LogP) is -0.760. The molecule has 0 fully saturated rings. The minimum Gasteiger partial charge on any atom is -0.480 e. The topological polar surface area (TPSA) is 108 Å². The summed E-state index contributed by atoms with van der Waals surface area (Å²) in [5, 5.41) is 15.3. The summed E-state index contributed by atoms with van der Waals surface area (Å²) >= 11 is 1.69.